The molecule has 0 N–H and O–H groups in total. The Hall–Kier alpha value is -5.60. The van der Waals surface area contributed by atoms with Crippen LogP contribution in [0.1, 0.15) is 25.0 Å². The summed E-state index contributed by atoms with van der Waals surface area (Å²) < 4.78 is 0. The summed E-state index contributed by atoms with van der Waals surface area (Å²) in [4.78, 5) is 10.1. The second-order valence-electron chi connectivity index (χ2n) is 12.3. The molecule has 0 radical (unpaired) electrons. The van der Waals surface area contributed by atoms with Crippen LogP contribution in [-0.4, -0.2) is 9.97 Å². The van der Waals surface area contributed by atoms with E-state index < -0.39 is 0 Å². The molecule has 0 saturated carbocycles. The molecule has 1 aliphatic rings. The minimum absolute atomic E-state index is 0.0194. The molecule has 0 aliphatic heterocycles. The molecule has 0 fully saturated rings. The molecule has 0 bridgehead atoms. The van der Waals surface area contributed by atoms with Gasteiger partial charge in [-0.05, 0) is 62.7 Å². The van der Waals surface area contributed by atoms with Crippen molar-refractivity contribution in [1.29, 1.82) is 0 Å². The highest BCUT2D eigenvalue weighted by Gasteiger charge is 2.35. The standard InChI is InChI=1S/C43H32N2/c1-43(2)38-19-10-9-18-36(38)37-27-34(24-25-39(37)43)30-22-20-29(21-23-30)33-16-11-17-35(26-33)42-44-40(31-12-5-3-6-13-31)28-41(45-42)32-14-7-4-8-15-32/h3-28H,1-2H3. The topological polar surface area (TPSA) is 25.8 Å². The van der Waals surface area contributed by atoms with Crippen molar-refractivity contribution in [3.63, 3.8) is 0 Å². The Balaban J connectivity index is 1.14. The molecule has 0 atom stereocenters. The molecule has 6 aromatic carbocycles. The van der Waals surface area contributed by atoms with Crippen molar-refractivity contribution in [1.82, 2.24) is 9.97 Å². The van der Waals surface area contributed by atoms with Crippen LogP contribution < -0.4 is 0 Å². The monoisotopic (exact) mass is 576 g/mol. The summed E-state index contributed by atoms with van der Waals surface area (Å²) in [5.74, 6) is 0.718. The summed E-state index contributed by atoms with van der Waals surface area (Å²) >= 11 is 0. The van der Waals surface area contributed by atoms with E-state index in [4.69, 9.17) is 9.97 Å². The van der Waals surface area contributed by atoms with Crippen molar-refractivity contribution in [2.45, 2.75) is 19.3 Å². The predicted molar refractivity (Wildman–Crippen MR) is 187 cm³/mol. The van der Waals surface area contributed by atoms with E-state index in [1.54, 1.807) is 0 Å². The smallest absolute Gasteiger partial charge is 0.160 e. The van der Waals surface area contributed by atoms with Gasteiger partial charge < -0.3 is 0 Å². The summed E-state index contributed by atoms with van der Waals surface area (Å²) in [5, 5.41) is 0. The average Bonchev–Trinajstić information content (AvgIpc) is 3.34. The summed E-state index contributed by atoms with van der Waals surface area (Å²) in [6.07, 6.45) is 0. The lowest BCUT2D eigenvalue weighted by atomic mass is 9.82. The number of fused-ring (bicyclic) bond motifs is 3. The number of rotatable bonds is 5. The molecular weight excluding hydrogens is 544 g/mol. The van der Waals surface area contributed by atoms with Gasteiger partial charge in [-0.25, -0.2) is 9.97 Å². The van der Waals surface area contributed by atoms with Crippen molar-refractivity contribution in [3.8, 4) is 67.3 Å². The third kappa shape index (κ3) is 4.85. The average molecular weight is 577 g/mol. The van der Waals surface area contributed by atoms with Gasteiger partial charge in [0.1, 0.15) is 0 Å². The first-order chi connectivity index (χ1) is 22.0. The van der Waals surface area contributed by atoms with Crippen molar-refractivity contribution in [2.24, 2.45) is 0 Å². The zero-order chi connectivity index (χ0) is 30.4. The van der Waals surface area contributed by atoms with Gasteiger partial charge in [-0.2, -0.15) is 0 Å². The fourth-order valence-electron chi connectivity index (χ4n) is 6.68. The van der Waals surface area contributed by atoms with E-state index >= 15 is 0 Å². The van der Waals surface area contributed by atoms with Crippen LogP contribution in [0.4, 0.5) is 0 Å². The lowest BCUT2D eigenvalue weighted by Crippen LogP contribution is -2.14. The molecule has 8 rings (SSSR count). The molecular formula is C43H32N2. The van der Waals surface area contributed by atoms with E-state index in [1.807, 2.05) is 36.4 Å². The number of nitrogens with zero attached hydrogens (tertiary/aromatic N) is 2. The Morgan fingerprint density at radius 1 is 0.356 bits per heavy atom. The fraction of sp³-hybridized carbons (Fsp3) is 0.0698. The summed E-state index contributed by atoms with van der Waals surface area (Å²) in [5.41, 5.74) is 15.2. The number of aromatic nitrogens is 2. The minimum Gasteiger partial charge on any atom is -0.228 e. The van der Waals surface area contributed by atoms with Crippen LogP contribution in [0.5, 0.6) is 0 Å². The first kappa shape index (κ1) is 27.0. The van der Waals surface area contributed by atoms with E-state index in [0.717, 1.165) is 45.0 Å². The molecule has 0 spiro atoms. The Morgan fingerprint density at radius 2 is 0.844 bits per heavy atom. The maximum Gasteiger partial charge on any atom is 0.160 e. The molecule has 7 aromatic rings. The fourth-order valence-corrected chi connectivity index (χ4v) is 6.68. The molecule has 214 valence electrons. The van der Waals surface area contributed by atoms with Crippen LogP contribution in [0.3, 0.4) is 0 Å². The highest BCUT2D eigenvalue weighted by Crippen LogP contribution is 2.49. The minimum atomic E-state index is 0.0194. The van der Waals surface area contributed by atoms with Gasteiger partial charge in [0, 0.05) is 22.1 Å². The number of hydrogen-bond acceptors (Lipinski definition) is 2. The molecule has 0 amide bonds. The van der Waals surface area contributed by atoms with E-state index in [1.165, 1.54) is 33.4 Å². The highest BCUT2D eigenvalue weighted by atomic mass is 14.9. The first-order valence-electron chi connectivity index (χ1n) is 15.5. The van der Waals surface area contributed by atoms with Gasteiger partial charge >= 0.3 is 0 Å². The first-order valence-corrected chi connectivity index (χ1v) is 15.5. The quantitative estimate of drug-likeness (QED) is 0.204. The van der Waals surface area contributed by atoms with Gasteiger partial charge in [0.25, 0.3) is 0 Å². The SMILES string of the molecule is CC1(C)c2ccccc2-c2cc(-c3ccc(-c4cccc(-c5nc(-c6ccccc6)cc(-c6ccccc6)n5)c4)cc3)ccc21. The van der Waals surface area contributed by atoms with E-state index in [9.17, 15) is 0 Å². The van der Waals surface area contributed by atoms with Gasteiger partial charge in [-0.3, -0.25) is 0 Å². The van der Waals surface area contributed by atoms with Gasteiger partial charge in [-0.15, -0.1) is 0 Å². The lowest BCUT2D eigenvalue weighted by Gasteiger charge is -2.21. The van der Waals surface area contributed by atoms with Crippen LogP contribution in [-0.2, 0) is 5.41 Å². The third-order valence-corrected chi connectivity index (χ3v) is 9.12. The van der Waals surface area contributed by atoms with Crippen molar-refractivity contribution < 1.29 is 0 Å². The Labute approximate surface area is 264 Å². The third-order valence-electron chi connectivity index (χ3n) is 9.12. The molecule has 0 unspecified atom stereocenters. The number of benzene rings is 6. The second-order valence-corrected chi connectivity index (χ2v) is 12.3. The van der Waals surface area contributed by atoms with E-state index in [0.29, 0.717) is 0 Å². The van der Waals surface area contributed by atoms with Crippen molar-refractivity contribution >= 4 is 0 Å². The molecule has 0 saturated heterocycles. The van der Waals surface area contributed by atoms with Gasteiger partial charge in [0.15, 0.2) is 5.82 Å². The Kier molecular flexibility index (Phi) is 6.50. The van der Waals surface area contributed by atoms with Crippen LogP contribution in [0, 0.1) is 0 Å². The lowest BCUT2D eigenvalue weighted by molar-refractivity contribution is 0.660. The van der Waals surface area contributed by atoms with Crippen LogP contribution in [0.2, 0.25) is 0 Å². The Bertz CT molecular complexity index is 2100. The molecule has 2 nitrogen and oxygen atoms in total. The van der Waals surface area contributed by atoms with Crippen LogP contribution >= 0.6 is 0 Å². The van der Waals surface area contributed by atoms with E-state index in [2.05, 4.69) is 135 Å². The molecule has 1 aliphatic carbocycles. The van der Waals surface area contributed by atoms with Crippen LogP contribution in [0.25, 0.3) is 67.3 Å². The summed E-state index contributed by atoms with van der Waals surface area (Å²) in [7, 11) is 0. The van der Waals surface area contributed by atoms with Crippen molar-refractivity contribution in [3.05, 3.63) is 169 Å². The molecule has 1 heterocycles. The highest BCUT2D eigenvalue weighted by molar-refractivity contribution is 5.85. The zero-order valence-corrected chi connectivity index (χ0v) is 25.4. The van der Waals surface area contributed by atoms with Crippen molar-refractivity contribution in [2.75, 3.05) is 0 Å². The molecule has 2 heteroatoms. The number of hydrogen-bond donors (Lipinski definition) is 0. The maximum atomic E-state index is 5.03. The van der Waals surface area contributed by atoms with Crippen LogP contribution in [0.15, 0.2) is 158 Å². The van der Waals surface area contributed by atoms with Gasteiger partial charge in [0.2, 0.25) is 0 Å². The van der Waals surface area contributed by atoms with E-state index in [-0.39, 0.29) is 5.41 Å². The summed E-state index contributed by atoms with van der Waals surface area (Å²) in [6.45, 7) is 4.65. The predicted octanol–water partition coefficient (Wildman–Crippen LogP) is 11.1. The summed E-state index contributed by atoms with van der Waals surface area (Å²) in [6, 6.07) is 55.9. The molecule has 1 aromatic heterocycles. The maximum absolute atomic E-state index is 5.03. The second kappa shape index (κ2) is 10.8. The largest absolute Gasteiger partial charge is 0.228 e. The zero-order valence-electron chi connectivity index (χ0n) is 25.4. The van der Waals surface area contributed by atoms with Gasteiger partial charge in [-0.1, -0.05) is 153 Å². The Morgan fingerprint density at radius 3 is 1.49 bits per heavy atom. The molecule has 45 heavy (non-hydrogen) atoms. The normalized spacial score (nSPS) is 12.8. The van der Waals surface area contributed by atoms with Gasteiger partial charge in [0.05, 0.1) is 11.4 Å².